The lowest BCUT2D eigenvalue weighted by Crippen LogP contribution is -2.27. The molecule has 2 aromatic heterocycles. The maximum Gasteiger partial charge on any atom is 0.229 e. The highest BCUT2D eigenvalue weighted by Gasteiger charge is 2.28. The second-order valence-electron chi connectivity index (χ2n) is 6.54. The second kappa shape index (κ2) is 6.88. The first-order valence-corrected chi connectivity index (χ1v) is 10.1. The number of hydrogen-bond donors (Lipinski definition) is 1. The number of aryl methyl sites for hydroxylation is 1. The molecule has 0 amide bonds. The molecule has 0 saturated heterocycles. The van der Waals surface area contributed by atoms with Crippen LogP contribution in [-0.4, -0.2) is 35.8 Å². The summed E-state index contributed by atoms with van der Waals surface area (Å²) in [5.74, 6) is 1.62. The predicted molar refractivity (Wildman–Crippen MR) is 90.4 cm³/mol. The summed E-state index contributed by atoms with van der Waals surface area (Å²) in [6, 6.07) is 4.31. The lowest BCUT2D eigenvalue weighted by atomic mass is 9.85. The van der Waals surface area contributed by atoms with Crippen LogP contribution in [0, 0.1) is 6.92 Å². The molecule has 0 aromatic carbocycles. The zero-order chi connectivity index (χ0) is 17.2. The summed E-state index contributed by atoms with van der Waals surface area (Å²) in [7, 11) is -3.16. The third-order valence-corrected chi connectivity index (χ3v) is 4.94. The summed E-state index contributed by atoms with van der Waals surface area (Å²) in [6.45, 7) is 2.01. The minimum absolute atomic E-state index is 0.155. The van der Waals surface area contributed by atoms with E-state index in [-0.39, 0.29) is 17.5 Å². The van der Waals surface area contributed by atoms with Crippen molar-refractivity contribution in [1.82, 2.24) is 15.1 Å². The van der Waals surface area contributed by atoms with E-state index in [1.165, 1.54) is 0 Å². The molecule has 2 heterocycles. The van der Waals surface area contributed by atoms with E-state index in [1.54, 1.807) is 0 Å². The number of nitrogens with one attached hydrogen (secondary N) is 1. The smallest absolute Gasteiger partial charge is 0.229 e. The summed E-state index contributed by atoms with van der Waals surface area (Å²) < 4.78 is 27.9. The van der Waals surface area contributed by atoms with Gasteiger partial charge in [0.25, 0.3) is 0 Å². The minimum atomic E-state index is -3.16. The Bertz CT molecular complexity index is 786. The van der Waals surface area contributed by atoms with Crippen molar-refractivity contribution in [2.45, 2.75) is 50.3 Å². The Morgan fingerprint density at radius 3 is 2.88 bits per heavy atom. The van der Waals surface area contributed by atoms with Crippen molar-refractivity contribution < 1.29 is 12.9 Å². The fourth-order valence-corrected chi connectivity index (χ4v) is 3.62. The summed E-state index contributed by atoms with van der Waals surface area (Å²) in [5, 5.41) is 7.25. The van der Waals surface area contributed by atoms with Crippen LogP contribution in [0.1, 0.15) is 48.9 Å². The standard InChI is InChI=1S/C16H22N4O3S/c1-11-6-7-14(17-9-11)18-13-5-3-4-12(8-13)16-19-15(20-23-16)10-24(2,21)22/h6-7,9,12-13H,3-5,8,10H2,1-2H3,(H,17,18)/t12-,13+/m0/s1. The zero-order valence-electron chi connectivity index (χ0n) is 13.9. The number of rotatable bonds is 5. The fraction of sp³-hybridized carbons (Fsp3) is 0.562. The summed E-state index contributed by atoms with van der Waals surface area (Å²) in [5.41, 5.74) is 1.13. The van der Waals surface area contributed by atoms with Crippen molar-refractivity contribution in [1.29, 1.82) is 0 Å². The maximum atomic E-state index is 11.3. The van der Waals surface area contributed by atoms with Gasteiger partial charge in [-0.15, -0.1) is 0 Å². The Kier molecular flexibility index (Phi) is 4.84. The van der Waals surface area contributed by atoms with Gasteiger partial charge in [-0.2, -0.15) is 4.98 Å². The highest BCUT2D eigenvalue weighted by Crippen LogP contribution is 2.33. The third kappa shape index (κ3) is 4.53. The molecule has 0 aliphatic heterocycles. The highest BCUT2D eigenvalue weighted by atomic mass is 32.2. The van der Waals surface area contributed by atoms with E-state index in [9.17, 15) is 8.42 Å². The lowest BCUT2D eigenvalue weighted by Gasteiger charge is -2.28. The van der Waals surface area contributed by atoms with E-state index < -0.39 is 9.84 Å². The van der Waals surface area contributed by atoms with Gasteiger partial charge in [0.1, 0.15) is 11.6 Å². The van der Waals surface area contributed by atoms with E-state index in [0.717, 1.165) is 43.3 Å². The first-order chi connectivity index (χ1) is 11.4. The van der Waals surface area contributed by atoms with Crippen molar-refractivity contribution >= 4 is 15.7 Å². The average Bonchev–Trinajstić information content (AvgIpc) is 2.96. The van der Waals surface area contributed by atoms with Gasteiger partial charge < -0.3 is 9.84 Å². The van der Waals surface area contributed by atoms with Gasteiger partial charge in [-0.1, -0.05) is 17.6 Å². The van der Waals surface area contributed by atoms with Gasteiger partial charge in [0.15, 0.2) is 15.7 Å². The fourth-order valence-electron chi connectivity index (χ4n) is 3.03. The molecule has 1 aliphatic rings. The average molecular weight is 350 g/mol. The molecule has 2 atom stereocenters. The molecule has 0 bridgehead atoms. The van der Waals surface area contributed by atoms with Crippen molar-refractivity contribution in [3.8, 4) is 0 Å². The van der Waals surface area contributed by atoms with E-state index in [1.807, 2.05) is 25.3 Å². The molecule has 2 aromatic rings. The molecule has 130 valence electrons. The normalized spacial score (nSPS) is 21.6. The lowest BCUT2D eigenvalue weighted by molar-refractivity contribution is 0.303. The van der Waals surface area contributed by atoms with Crippen LogP contribution in [0.3, 0.4) is 0 Å². The van der Waals surface area contributed by atoms with Crippen LogP contribution in [0.4, 0.5) is 5.82 Å². The first-order valence-electron chi connectivity index (χ1n) is 8.08. The SMILES string of the molecule is Cc1ccc(N[C@@H]2CCC[C@H](c3nc(CS(C)(=O)=O)no3)C2)nc1. The van der Waals surface area contributed by atoms with E-state index >= 15 is 0 Å². The molecule has 3 rings (SSSR count). The molecule has 7 nitrogen and oxygen atoms in total. The quantitative estimate of drug-likeness (QED) is 0.884. The zero-order valence-corrected chi connectivity index (χ0v) is 14.7. The van der Waals surface area contributed by atoms with Gasteiger partial charge in [-0.3, -0.25) is 0 Å². The topological polar surface area (TPSA) is 98.0 Å². The Balaban J connectivity index is 1.64. The molecule has 1 N–H and O–H groups in total. The Morgan fingerprint density at radius 1 is 1.33 bits per heavy atom. The van der Waals surface area contributed by atoms with Crippen LogP contribution in [0.2, 0.25) is 0 Å². The Morgan fingerprint density at radius 2 is 2.17 bits per heavy atom. The van der Waals surface area contributed by atoms with E-state index in [2.05, 4.69) is 20.4 Å². The highest BCUT2D eigenvalue weighted by molar-refractivity contribution is 7.89. The van der Waals surface area contributed by atoms with Crippen LogP contribution in [0.15, 0.2) is 22.9 Å². The number of aromatic nitrogens is 3. The number of anilines is 1. The molecule has 0 spiro atoms. The van der Waals surface area contributed by atoms with E-state index in [4.69, 9.17) is 4.52 Å². The van der Waals surface area contributed by atoms with Gasteiger partial charge >= 0.3 is 0 Å². The summed E-state index contributed by atoms with van der Waals surface area (Å²) in [6.07, 6.45) is 6.97. The predicted octanol–water partition coefficient (Wildman–Crippen LogP) is 2.46. The summed E-state index contributed by atoms with van der Waals surface area (Å²) >= 11 is 0. The molecule has 1 saturated carbocycles. The monoisotopic (exact) mass is 350 g/mol. The van der Waals surface area contributed by atoms with Crippen molar-refractivity contribution in [3.63, 3.8) is 0 Å². The number of sulfone groups is 1. The molecule has 0 radical (unpaired) electrons. The first kappa shape index (κ1) is 16.9. The van der Waals surface area contributed by atoms with Crippen LogP contribution in [0.25, 0.3) is 0 Å². The van der Waals surface area contributed by atoms with Crippen LogP contribution >= 0.6 is 0 Å². The van der Waals surface area contributed by atoms with Crippen molar-refractivity contribution in [3.05, 3.63) is 35.6 Å². The van der Waals surface area contributed by atoms with Crippen molar-refractivity contribution in [2.24, 2.45) is 0 Å². The van der Waals surface area contributed by atoms with E-state index in [0.29, 0.717) is 11.9 Å². The van der Waals surface area contributed by atoms with Crippen LogP contribution in [0.5, 0.6) is 0 Å². The van der Waals surface area contributed by atoms with Gasteiger partial charge in [-0.25, -0.2) is 13.4 Å². The molecular weight excluding hydrogens is 328 g/mol. The molecule has 1 fully saturated rings. The second-order valence-corrected chi connectivity index (χ2v) is 8.68. The minimum Gasteiger partial charge on any atom is -0.367 e. The molecular formula is C16H22N4O3S. The van der Waals surface area contributed by atoms with Gasteiger partial charge in [0, 0.05) is 24.4 Å². The largest absolute Gasteiger partial charge is 0.367 e. The molecule has 8 heteroatoms. The number of nitrogens with zero attached hydrogens (tertiary/aromatic N) is 3. The van der Waals surface area contributed by atoms with Crippen LogP contribution in [-0.2, 0) is 15.6 Å². The Labute approximate surface area is 141 Å². The van der Waals surface area contributed by atoms with Crippen molar-refractivity contribution in [2.75, 3.05) is 11.6 Å². The maximum absolute atomic E-state index is 11.3. The number of pyridine rings is 1. The summed E-state index contributed by atoms with van der Waals surface area (Å²) in [4.78, 5) is 8.66. The van der Waals surface area contributed by atoms with Gasteiger partial charge in [0.05, 0.1) is 0 Å². The molecule has 1 aliphatic carbocycles. The molecule has 24 heavy (non-hydrogen) atoms. The van der Waals surface area contributed by atoms with Gasteiger partial charge in [0.2, 0.25) is 5.89 Å². The molecule has 0 unspecified atom stereocenters. The third-order valence-electron chi connectivity index (χ3n) is 4.16. The van der Waals surface area contributed by atoms with Crippen LogP contribution < -0.4 is 5.32 Å². The number of hydrogen-bond acceptors (Lipinski definition) is 7. The van der Waals surface area contributed by atoms with Gasteiger partial charge in [-0.05, 0) is 37.8 Å². The Hall–Kier alpha value is -1.96.